The first kappa shape index (κ1) is 14.7. The third-order valence-electron chi connectivity index (χ3n) is 2.66. The lowest BCUT2D eigenvalue weighted by atomic mass is 10.2. The van der Waals surface area contributed by atoms with Gasteiger partial charge in [-0.2, -0.15) is 4.98 Å². The zero-order valence-corrected chi connectivity index (χ0v) is 11.6. The zero-order valence-electron chi connectivity index (χ0n) is 11.6. The Morgan fingerprint density at radius 3 is 2.81 bits per heavy atom. The number of rotatable bonds is 5. The summed E-state index contributed by atoms with van der Waals surface area (Å²) in [4.78, 5) is 14.4. The average molecular weight is 291 g/mol. The number of aromatic nitrogens is 1. The number of anilines is 1. The summed E-state index contributed by atoms with van der Waals surface area (Å²) in [5.74, 6) is -0.316. The van der Waals surface area contributed by atoms with Crippen molar-refractivity contribution in [3.8, 4) is 11.6 Å². The number of nitro groups is 1. The molecule has 1 aromatic heterocycles. The van der Waals surface area contributed by atoms with Crippen LogP contribution in [0.1, 0.15) is 12.5 Å². The summed E-state index contributed by atoms with van der Waals surface area (Å²) < 4.78 is 19.0. The minimum atomic E-state index is -0.557. The maximum absolute atomic E-state index is 13.7. The number of hydrogen-bond donors (Lipinski definition) is 1. The summed E-state index contributed by atoms with van der Waals surface area (Å²) >= 11 is 0. The Morgan fingerprint density at radius 2 is 2.14 bits per heavy atom. The lowest BCUT2D eigenvalue weighted by Crippen LogP contribution is -2.02. The number of halogens is 1. The smallest absolute Gasteiger partial charge is 0.278 e. The highest BCUT2D eigenvalue weighted by Gasteiger charge is 2.14. The highest BCUT2D eigenvalue weighted by atomic mass is 19.1. The van der Waals surface area contributed by atoms with E-state index in [1.165, 1.54) is 18.2 Å². The molecule has 0 unspecified atom stereocenters. The fourth-order valence-electron chi connectivity index (χ4n) is 1.72. The van der Waals surface area contributed by atoms with E-state index >= 15 is 0 Å². The molecule has 0 saturated carbocycles. The van der Waals surface area contributed by atoms with Gasteiger partial charge in [0.25, 0.3) is 5.69 Å². The van der Waals surface area contributed by atoms with Gasteiger partial charge >= 0.3 is 0 Å². The first-order valence-electron chi connectivity index (χ1n) is 6.34. The van der Waals surface area contributed by atoms with E-state index in [1.807, 2.05) is 6.92 Å². The predicted octanol–water partition coefficient (Wildman–Crippen LogP) is 3.66. The average Bonchev–Trinajstić information content (AvgIpc) is 2.43. The molecule has 1 N–H and O–H groups in total. The van der Waals surface area contributed by atoms with E-state index in [9.17, 15) is 14.5 Å². The topological polar surface area (TPSA) is 77.3 Å². The maximum atomic E-state index is 13.7. The molecule has 2 rings (SSSR count). The van der Waals surface area contributed by atoms with Crippen molar-refractivity contribution < 1.29 is 14.1 Å². The Morgan fingerprint density at radius 1 is 1.38 bits per heavy atom. The van der Waals surface area contributed by atoms with Gasteiger partial charge in [-0.05, 0) is 31.5 Å². The zero-order chi connectivity index (χ0) is 15.4. The summed E-state index contributed by atoms with van der Waals surface area (Å²) in [6.07, 6.45) is 0. The predicted molar refractivity (Wildman–Crippen MR) is 76.3 cm³/mol. The molecule has 0 aliphatic rings. The molecule has 1 aromatic carbocycles. The fourth-order valence-corrected chi connectivity index (χ4v) is 1.72. The van der Waals surface area contributed by atoms with Crippen molar-refractivity contribution in [1.82, 2.24) is 4.98 Å². The molecule has 1 heterocycles. The summed E-state index contributed by atoms with van der Waals surface area (Å²) in [5, 5.41) is 13.8. The van der Waals surface area contributed by atoms with Gasteiger partial charge in [0.1, 0.15) is 5.82 Å². The van der Waals surface area contributed by atoms with E-state index in [2.05, 4.69) is 10.3 Å². The highest BCUT2D eigenvalue weighted by Crippen LogP contribution is 2.28. The second kappa shape index (κ2) is 6.17. The minimum absolute atomic E-state index is 0.0227. The maximum Gasteiger partial charge on any atom is 0.278 e. The van der Waals surface area contributed by atoms with Gasteiger partial charge in [-0.3, -0.25) is 10.1 Å². The van der Waals surface area contributed by atoms with Crippen LogP contribution in [-0.4, -0.2) is 16.5 Å². The van der Waals surface area contributed by atoms with Crippen LogP contribution in [-0.2, 0) is 0 Å². The molecule has 0 radical (unpaired) electrons. The van der Waals surface area contributed by atoms with Gasteiger partial charge < -0.3 is 10.1 Å². The van der Waals surface area contributed by atoms with Gasteiger partial charge in [0.05, 0.1) is 17.1 Å². The summed E-state index contributed by atoms with van der Waals surface area (Å²) in [5.41, 5.74) is 0.632. The molecule has 0 bridgehead atoms. The van der Waals surface area contributed by atoms with E-state index in [4.69, 9.17) is 4.74 Å². The first-order valence-corrected chi connectivity index (χ1v) is 6.34. The Kier molecular flexibility index (Phi) is 4.32. The van der Waals surface area contributed by atoms with Crippen molar-refractivity contribution in [1.29, 1.82) is 0 Å². The molecule has 7 heteroatoms. The largest absolute Gasteiger partial charge is 0.436 e. The Bertz CT molecular complexity index is 677. The van der Waals surface area contributed by atoms with E-state index in [0.717, 1.165) is 11.6 Å². The standard InChI is InChI=1S/C14H14FN3O3/c1-3-16-13-7-10(18(19)20)8-14(17-13)21-12-6-9(2)4-5-11(12)15/h4-8H,3H2,1-2H3,(H,16,17). The molecular weight excluding hydrogens is 277 g/mol. The molecule has 2 aromatic rings. The van der Waals surface area contributed by atoms with Gasteiger partial charge in [-0.1, -0.05) is 6.07 Å². The van der Waals surface area contributed by atoms with Gasteiger partial charge in [-0.15, -0.1) is 0 Å². The SMILES string of the molecule is CCNc1cc([N+](=O)[O-])cc(Oc2cc(C)ccc2F)n1. The number of hydrogen-bond acceptors (Lipinski definition) is 5. The van der Waals surface area contributed by atoms with Crippen molar-refractivity contribution in [2.24, 2.45) is 0 Å². The molecule has 0 aliphatic heterocycles. The van der Waals surface area contributed by atoms with Crippen LogP contribution in [0.2, 0.25) is 0 Å². The summed E-state index contributed by atoms with van der Waals surface area (Å²) in [6.45, 7) is 4.17. The van der Waals surface area contributed by atoms with Gasteiger partial charge in [0, 0.05) is 6.54 Å². The molecule has 0 aliphatic carbocycles. The summed E-state index contributed by atoms with van der Waals surface area (Å²) in [6, 6.07) is 6.83. The van der Waals surface area contributed by atoms with Crippen LogP contribution in [0.3, 0.4) is 0 Å². The molecule has 0 atom stereocenters. The van der Waals surface area contributed by atoms with Crippen LogP contribution in [0.25, 0.3) is 0 Å². The molecule has 0 fully saturated rings. The van der Waals surface area contributed by atoms with Crippen LogP contribution in [0.5, 0.6) is 11.6 Å². The number of pyridine rings is 1. The molecule has 0 saturated heterocycles. The number of benzene rings is 1. The number of nitrogens with zero attached hydrogens (tertiary/aromatic N) is 2. The lowest BCUT2D eigenvalue weighted by Gasteiger charge is -2.09. The van der Waals surface area contributed by atoms with Gasteiger partial charge in [-0.25, -0.2) is 4.39 Å². The van der Waals surface area contributed by atoms with Crippen LogP contribution in [0.4, 0.5) is 15.9 Å². The van der Waals surface area contributed by atoms with Crippen LogP contribution >= 0.6 is 0 Å². The molecule has 6 nitrogen and oxygen atoms in total. The Balaban J connectivity index is 2.38. The molecule has 0 amide bonds. The van der Waals surface area contributed by atoms with Gasteiger partial charge in [0.2, 0.25) is 5.88 Å². The van der Waals surface area contributed by atoms with Crippen LogP contribution in [0.15, 0.2) is 30.3 Å². The van der Waals surface area contributed by atoms with E-state index in [-0.39, 0.29) is 17.3 Å². The molecule has 21 heavy (non-hydrogen) atoms. The van der Waals surface area contributed by atoms with Gasteiger partial charge in [0.15, 0.2) is 11.6 Å². The van der Waals surface area contributed by atoms with E-state index in [0.29, 0.717) is 12.4 Å². The number of nitrogens with one attached hydrogen (secondary N) is 1. The number of aryl methyl sites for hydroxylation is 1. The molecule has 0 spiro atoms. The van der Waals surface area contributed by atoms with E-state index < -0.39 is 10.7 Å². The Hall–Kier alpha value is -2.70. The van der Waals surface area contributed by atoms with Crippen LogP contribution in [0, 0.1) is 22.9 Å². The fraction of sp³-hybridized carbons (Fsp3) is 0.214. The minimum Gasteiger partial charge on any atom is -0.436 e. The van der Waals surface area contributed by atoms with Crippen molar-refractivity contribution in [2.75, 3.05) is 11.9 Å². The lowest BCUT2D eigenvalue weighted by molar-refractivity contribution is -0.384. The van der Waals surface area contributed by atoms with Crippen molar-refractivity contribution >= 4 is 11.5 Å². The second-order valence-electron chi connectivity index (χ2n) is 4.37. The highest BCUT2D eigenvalue weighted by molar-refractivity contribution is 5.49. The van der Waals surface area contributed by atoms with Crippen molar-refractivity contribution in [3.05, 3.63) is 51.8 Å². The van der Waals surface area contributed by atoms with E-state index in [1.54, 1.807) is 13.0 Å². The quantitative estimate of drug-likeness (QED) is 0.672. The second-order valence-corrected chi connectivity index (χ2v) is 4.37. The Labute approximate surface area is 120 Å². The number of ether oxygens (including phenoxy) is 1. The van der Waals surface area contributed by atoms with Crippen molar-refractivity contribution in [2.45, 2.75) is 13.8 Å². The monoisotopic (exact) mass is 291 g/mol. The normalized spacial score (nSPS) is 10.2. The third-order valence-corrected chi connectivity index (χ3v) is 2.66. The third kappa shape index (κ3) is 3.65. The molecular formula is C14H14FN3O3. The molecule has 110 valence electrons. The van der Waals surface area contributed by atoms with Crippen LogP contribution < -0.4 is 10.1 Å². The first-order chi connectivity index (χ1) is 9.99. The summed E-state index contributed by atoms with van der Waals surface area (Å²) in [7, 11) is 0. The van der Waals surface area contributed by atoms with Crippen molar-refractivity contribution in [3.63, 3.8) is 0 Å².